The molecule has 0 aromatic carbocycles. The SMILES string of the molecule is CCCCCCCCCCN(C)C(=O)COC(C)=O. The Morgan fingerprint density at radius 1 is 0.947 bits per heavy atom. The van der Waals surface area contributed by atoms with Gasteiger partial charge in [0.2, 0.25) is 0 Å². The summed E-state index contributed by atoms with van der Waals surface area (Å²) in [5.74, 6) is -0.535. The average Bonchev–Trinajstić information content (AvgIpc) is 2.38. The fourth-order valence-corrected chi connectivity index (χ4v) is 1.88. The van der Waals surface area contributed by atoms with Crippen LogP contribution in [0.25, 0.3) is 0 Å². The number of nitrogens with zero attached hydrogens (tertiary/aromatic N) is 1. The Balaban J connectivity index is 3.39. The number of unbranched alkanes of at least 4 members (excludes halogenated alkanes) is 7. The van der Waals surface area contributed by atoms with E-state index in [9.17, 15) is 9.59 Å². The van der Waals surface area contributed by atoms with E-state index in [2.05, 4.69) is 11.7 Å². The molecule has 0 aromatic rings. The van der Waals surface area contributed by atoms with Crippen LogP contribution in [0.1, 0.15) is 65.2 Å². The Kier molecular flexibility index (Phi) is 11.3. The van der Waals surface area contributed by atoms with Gasteiger partial charge in [-0.3, -0.25) is 9.59 Å². The van der Waals surface area contributed by atoms with Crippen molar-refractivity contribution in [2.75, 3.05) is 20.2 Å². The van der Waals surface area contributed by atoms with Gasteiger partial charge >= 0.3 is 5.97 Å². The highest BCUT2D eigenvalue weighted by Gasteiger charge is 2.09. The van der Waals surface area contributed by atoms with E-state index in [0.717, 1.165) is 19.4 Å². The number of esters is 1. The molecule has 0 bridgehead atoms. The van der Waals surface area contributed by atoms with Crippen LogP contribution in [0.3, 0.4) is 0 Å². The monoisotopic (exact) mass is 271 g/mol. The van der Waals surface area contributed by atoms with Gasteiger partial charge < -0.3 is 9.64 Å². The highest BCUT2D eigenvalue weighted by atomic mass is 16.5. The lowest BCUT2D eigenvalue weighted by Gasteiger charge is -2.16. The molecule has 0 aliphatic heterocycles. The molecule has 0 aliphatic rings. The minimum Gasteiger partial charge on any atom is -0.456 e. The van der Waals surface area contributed by atoms with Gasteiger partial charge in [0.25, 0.3) is 5.91 Å². The van der Waals surface area contributed by atoms with Crippen LogP contribution in [0.15, 0.2) is 0 Å². The van der Waals surface area contributed by atoms with Crippen molar-refractivity contribution < 1.29 is 14.3 Å². The lowest BCUT2D eigenvalue weighted by Crippen LogP contribution is -2.31. The Morgan fingerprint density at radius 3 is 2.00 bits per heavy atom. The van der Waals surface area contributed by atoms with E-state index in [1.165, 1.54) is 45.4 Å². The zero-order chi connectivity index (χ0) is 14.5. The molecule has 0 spiro atoms. The molecule has 112 valence electrons. The highest BCUT2D eigenvalue weighted by molar-refractivity contribution is 5.79. The van der Waals surface area contributed by atoms with Gasteiger partial charge in [0, 0.05) is 20.5 Å². The van der Waals surface area contributed by atoms with E-state index in [1.807, 2.05) is 0 Å². The molecule has 1 amide bonds. The van der Waals surface area contributed by atoms with Crippen molar-refractivity contribution in [3.05, 3.63) is 0 Å². The number of ether oxygens (including phenoxy) is 1. The third kappa shape index (κ3) is 11.7. The maximum absolute atomic E-state index is 11.5. The van der Waals surface area contributed by atoms with Crippen molar-refractivity contribution in [3.63, 3.8) is 0 Å². The van der Waals surface area contributed by atoms with Crippen LogP contribution in [0, 0.1) is 0 Å². The molecule has 0 aliphatic carbocycles. The van der Waals surface area contributed by atoms with Crippen molar-refractivity contribution in [1.82, 2.24) is 4.90 Å². The van der Waals surface area contributed by atoms with Crippen LogP contribution in [0.2, 0.25) is 0 Å². The first kappa shape index (κ1) is 17.9. The fraction of sp³-hybridized carbons (Fsp3) is 0.867. The van der Waals surface area contributed by atoms with Gasteiger partial charge in [-0.1, -0.05) is 51.9 Å². The van der Waals surface area contributed by atoms with Crippen LogP contribution >= 0.6 is 0 Å². The standard InChI is InChI=1S/C15H29NO3/c1-4-5-6-7-8-9-10-11-12-16(3)15(18)13-19-14(2)17/h4-13H2,1-3H3. The van der Waals surface area contributed by atoms with Gasteiger partial charge in [-0.05, 0) is 6.42 Å². The third-order valence-electron chi connectivity index (χ3n) is 3.17. The van der Waals surface area contributed by atoms with Gasteiger partial charge in [0.15, 0.2) is 6.61 Å². The minimum atomic E-state index is -0.408. The molecule has 0 fully saturated rings. The molecule has 0 atom stereocenters. The van der Waals surface area contributed by atoms with E-state index in [0.29, 0.717) is 0 Å². The summed E-state index contributed by atoms with van der Waals surface area (Å²) in [5, 5.41) is 0. The summed E-state index contributed by atoms with van der Waals surface area (Å²) in [4.78, 5) is 23.8. The maximum atomic E-state index is 11.5. The van der Waals surface area contributed by atoms with Crippen molar-refractivity contribution in [1.29, 1.82) is 0 Å². The third-order valence-corrected chi connectivity index (χ3v) is 3.17. The summed E-state index contributed by atoms with van der Waals surface area (Å²) >= 11 is 0. The second kappa shape index (κ2) is 12.0. The van der Waals surface area contributed by atoms with Crippen molar-refractivity contribution >= 4 is 11.9 Å². The number of rotatable bonds is 11. The molecule has 0 heterocycles. The van der Waals surface area contributed by atoms with Crippen molar-refractivity contribution in [2.24, 2.45) is 0 Å². The summed E-state index contributed by atoms with van der Waals surface area (Å²) < 4.78 is 4.68. The summed E-state index contributed by atoms with van der Waals surface area (Å²) in [5.41, 5.74) is 0. The van der Waals surface area contributed by atoms with Gasteiger partial charge in [0.1, 0.15) is 0 Å². The number of carbonyl (C=O) groups excluding carboxylic acids is 2. The largest absolute Gasteiger partial charge is 0.456 e. The number of carbonyl (C=O) groups is 2. The van der Waals surface area contributed by atoms with E-state index in [4.69, 9.17) is 0 Å². The molecular formula is C15H29NO3. The highest BCUT2D eigenvalue weighted by Crippen LogP contribution is 2.08. The van der Waals surface area contributed by atoms with E-state index < -0.39 is 5.97 Å². The molecule has 0 N–H and O–H groups in total. The van der Waals surface area contributed by atoms with Crippen molar-refractivity contribution in [3.8, 4) is 0 Å². The van der Waals surface area contributed by atoms with Crippen LogP contribution in [0.5, 0.6) is 0 Å². The number of amides is 1. The average molecular weight is 271 g/mol. The summed E-state index contributed by atoms with van der Waals surface area (Å²) in [6, 6.07) is 0. The molecule has 0 saturated carbocycles. The van der Waals surface area contributed by atoms with Gasteiger partial charge in [-0.25, -0.2) is 0 Å². The lowest BCUT2D eigenvalue weighted by molar-refractivity contribution is -0.149. The zero-order valence-corrected chi connectivity index (χ0v) is 12.7. The smallest absolute Gasteiger partial charge is 0.303 e. The lowest BCUT2D eigenvalue weighted by atomic mass is 10.1. The summed E-state index contributed by atoms with van der Waals surface area (Å²) in [6.45, 7) is 4.15. The molecule has 0 radical (unpaired) electrons. The molecule has 0 rings (SSSR count). The van der Waals surface area contributed by atoms with Gasteiger partial charge in [-0.15, -0.1) is 0 Å². The first-order valence-corrected chi connectivity index (χ1v) is 7.45. The quantitative estimate of drug-likeness (QED) is 0.428. The molecule has 0 saturated heterocycles. The Morgan fingerprint density at radius 2 is 1.47 bits per heavy atom. The van der Waals surface area contributed by atoms with E-state index in [1.54, 1.807) is 11.9 Å². The van der Waals surface area contributed by atoms with Gasteiger partial charge in [-0.2, -0.15) is 0 Å². The molecule has 4 nitrogen and oxygen atoms in total. The van der Waals surface area contributed by atoms with Crippen LogP contribution in [-0.4, -0.2) is 37.0 Å². The first-order chi connectivity index (χ1) is 9.07. The predicted molar refractivity (Wildman–Crippen MR) is 76.9 cm³/mol. The predicted octanol–water partition coefficient (Wildman–Crippen LogP) is 3.15. The number of hydrogen-bond donors (Lipinski definition) is 0. The molecule has 0 aromatic heterocycles. The molecule has 4 heteroatoms. The van der Waals surface area contributed by atoms with Gasteiger partial charge in [0.05, 0.1) is 0 Å². The summed E-state index contributed by atoms with van der Waals surface area (Å²) in [6.07, 6.45) is 10.0. The fourth-order valence-electron chi connectivity index (χ4n) is 1.88. The molecule has 19 heavy (non-hydrogen) atoms. The van der Waals surface area contributed by atoms with Crippen LogP contribution < -0.4 is 0 Å². The van der Waals surface area contributed by atoms with Crippen LogP contribution in [-0.2, 0) is 14.3 Å². The van der Waals surface area contributed by atoms with Crippen molar-refractivity contribution in [2.45, 2.75) is 65.2 Å². The zero-order valence-electron chi connectivity index (χ0n) is 12.7. The summed E-state index contributed by atoms with van der Waals surface area (Å²) in [7, 11) is 1.76. The normalized spacial score (nSPS) is 10.3. The molecular weight excluding hydrogens is 242 g/mol. The second-order valence-electron chi connectivity index (χ2n) is 5.07. The molecule has 0 unspecified atom stereocenters. The Labute approximate surface area is 117 Å². The number of likely N-dealkylation sites (N-methyl/N-ethyl adjacent to an activating group) is 1. The Bertz CT molecular complexity index is 254. The first-order valence-electron chi connectivity index (χ1n) is 7.45. The number of hydrogen-bond acceptors (Lipinski definition) is 3. The maximum Gasteiger partial charge on any atom is 0.303 e. The van der Waals surface area contributed by atoms with E-state index >= 15 is 0 Å². The second-order valence-corrected chi connectivity index (χ2v) is 5.07. The van der Waals surface area contributed by atoms with Crippen LogP contribution in [0.4, 0.5) is 0 Å². The minimum absolute atomic E-state index is 0.127. The topological polar surface area (TPSA) is 46.6 Å². The Hall–Kier alpha value is -1.06. The van der Waals surface area contributed by atoms with E-state index in [-0.39, 0.29) is 12.5 Å².